The van der Waals surface area contributed by atoms with Crippen LogP contribution in [0.5, 0.6) is 5.75 Å². The van der Waals surface area contributed by atoms with Gasteiger partial charge in [-0.05, 0) is 30.7 Å². The highest BCUT2D eigenvalue weighted by Gasteiger charge is 2.34. The third kappa shape index (κ3) is 4.62. The van der Waals surface area contributed by atoms with E-state index in [1.165, 1.54) is 17.8 Å². The highest BCUT2D eigenvalue weighted by Crippen LogP contribution is 2.43. The minimum atomic E-state index is -0.952. The van der Waals surface area contributed by atoms with Gasteiger partial charge in [0.2, 0.25) is 5.91 Å². The number of nitrogens with zero attached hydrogens (tertiary/aromatic N) is 1. The van der Waals surface area contributed by atoms with Crippen LogP contribution >= 0.6 is 11.8 Å². The Labute approximate surface area is 165 Å². The smallest absolute Gasteiger partial charge is 0.344 e. The lowest BCUT2D eigenvalue weighted by Gasteiger charge is -2.26. The highest BCUT2D eigenvalue weighted by molar-refractivity contribution is 8.00. The van der Waals surface area contributed by atoms with Gasteiger partial charge in [-0.1, -0.05) is 24.3 Å². The molecular weight excluding hydrogens is 388 g/mol. The van der Waals surface area contributed by atoms with Crippen LogP contribution in [0.1, 0.15) is 23.4 Å². The second-order valence-electron chi connectivity index (χ2n) is 6.06. The summed E-state index contributed by atoms with van der Waals surface area (Å²) < 4.78 is 37.2. The van der Waals surface area contributed by atoms with E-state index in [1.807, 2.05) is 12.1 Å². The Bertz CT molecular complexity index is 877. The Morgan fingerprint density at radius 2 is 2.00 bits per heavy atom. The van der Waals surface area contributed by atoms with Crippen molar-refractivity contribution >= 4 is 23.6 Å². The van der Waals surface area contributed by atoms with Crippen LogP contribution in [0.2, 0.25) is 0 Å². The normalized spacial score (nSPS) is 16.3. The standard InChI is InChI=1S/C20H19F2NO4S/c1-2-26-19(25)11-27-17-6-4-3-5-14(17)20-23(18(24)12-28-20)10-13-7-8-15(21)16(22)9-13/h3-9,20H,2,10-12H2,1H3. The second-order valence-corrected chi connectivity index (χ2v) is 7.13. The number of amides is 1. The number of thioether (sulfide) groups is 1. The fraction of sp³-hybridized carbons (Fsp3) is 0.300. The summed E-state index contributed by atoms with van der Waals surface area (Å²) >= 11 is 1.41. The number of para-hydroxylation sites is 1. The number of hydrogen-bond acceptors (Lipinski definition) is 5. The molecule has 0 bridgehead atoms. The van der Waals surface area contributed by atoms with Crippen molar-refractivity contribution in [3.63, 3.8) is 0 Å². The minimum absolute atomic E-state index is 0.111. The zero-order valence-corrected chi connectivity index (χ0v) is 16.0. The second kappa shape index (κ2) is 9.05. The van der Waals surface area contributed by atoms with Gasteiger partial charge in [0.15, 0.2) is 18.2 Å². The molecule has 0 radical (unpaired) electrons. The maximum absolute atomic E-state index is 13.5. The molecule has 0 N–H and O–H groups in total. The summed E-state index contributed by atoms with van der Waals surface area (Å²) in [6.45, 7) is 1.88. The van der Waals surface area contributed by atoms with Crippen LogP contribution in [0.15, 0.2) is 42.5 Å². The fourth-order valence-electron chi connectivity index (χ4n) is 2.87. The molecule has 1 atom stereocenters. The number of benzene rings is 2. The van der Waals surface area contributed by atoms with Gasteiger partial charge >= 0.3 is 5.97 Å². The van der Waals surface area contributed by atoms with E-state index in [9.17, 15) is 18.4 Å². The summed E-state index contributed by atoms with van der Waals surface area (Å²) in [5.41, 5.74) is 1.22. The summed E-state index contributed by atoms with van der Waals surface area (Å²) in [6, 6.07) is 10.7. The Kier molecular flexibility index (Phi) is 6.51. The van der Waals surface area contributed by atoms with Gasteiger partial charge in [-0.15, -0.1) is 11.8 Å². The molecule has 5 nitrogen and oxygen atoms in total. The summed E-state index contributed by atoms with van der Waals surface area (Å²) in [5, 5.41) is -0.362. The number of hydrogen-bond donors (Lipinski definition) is 0. The van der Waals surface area contributed by atoms with Gasteiger partial charge < -0.3 is 14.4 Å². The molecule has 0 aromatic heterocycles. The largest absolute Gasteiger partial charge is 0.482 e. The predicted molar refractivity (Wildman–Crippen MR) is 101 cm³/mol. The molecule has 1 unspecified atom stereocenters. The molecule has 28 heavy (non-hydrogen) atoms. The number of rotatable bonds is 7. The molecule has 1 aliphatic rings. The quantitative estimate of drug-likeness (QED) is 0.656. The molecule has 2 aromatic rings. The van der Waals surface area contributed by atoms with E-state index in [0.29, 0.717) is 11.3 Å². The molecule has 1 aliphatic heterocycles. The Morgan fingerprint density at radius 1 is 1.21 bits per heavy atom. The van der Waals surface area contributed by atoms with Crippen LogP contribution in [-0.2, 0) is 20.9 Å². The van der Waals surface area contributed by atoms with Gasteiger partial charge in [0.05, 0.1) is 12.4 Å². The SMILES string of the molecule is CCOC(=O)COc1ccccc1C1SCC(=O)N1Cc1ccc(F)c(F)c1. The first-order valence-corrected chi connectivity index (χ1v) is 9.76. The Balaban J connectivity index is 1.80. The highest BCUT2D eigenvalue weighted by atomic mass is 32.2. The van der Waals surface area contributed by atoms with E-state index in [1.54, 1.807) is 24.0 Å². The number of esters is 1. The summed E-state index contributed by atoms with van der Waals surface area (Å²) in [6.07, 6.45) is 0. The Hall–Kier alpha value is -2.61. The molecule has 1 amide bonds. The van der Waals surface area contributed by atoms with Gasteiger partial charge in [-0.3, -0.25) is 4.79 Å². The zero-order valence-electron chi connectivity index (χ0n) is 15.2. The summed E-state index contributed by atoms with van der Waals surface area (Å²) in [5.74, 6) is -1.74. The average Bonchev–Trinajstić information content (AvgIpc) is 3.04. The van der Waals surface area contributed by atoms with Crippen LogP contribution in [0.4, 0.5) is 8.78 Å². The number of carbonyl (C=O) groups is 2. The van der Waals surface area contributed by atoms with Crippen molar-refractivity contribution in [2.45, 2.75) is 18.8 Å². The van der Waals surface area contributed by atoms with Crippen LogP contribution in [-0.4, -0.2) is 35.7 Å². The van der Waals surface area contributed by atoms with Crippen LogP contribution in [0.25, 0.3) is 0 Å². The first-order chi connectivity index (χ1) is 13.5. The van der Waals surface area contributed by atoms with Crippen molar-refractivity contribution in [3.05, 3.63) is 65.2 Å². The van der Waals surface area contributed by atoms with Crippen LogP contribution in [0.3, 0.4) is 0 Å². The van der Waals surface area contributed by atoms with Gasteiger partial charge in [0.1, 0.15) is 11.1 Å². The predicted octanol–water partition coefficient (Wildman–Crippen LogP) is 3.68. The van der Waals surface area contributed by atoms with Gasteiger partial charge in [0, 0.05) is 12.1 Å². The first-order valence-electron chi connectivity index (χ1n) is 8.72. The van der Waals surface area contributed by atoms with E-state index in [2.05, 4.69) is 0 Å². The van der Waals surface area contributed by atoms with E-state index < -0.39 is 17.6 Å². The monoisotopic (exact) mass is 407 g/mol. The first kappa shape index (κ1) is 20.1. The third-order valence-corrected chi connectivity index (χ3v) is 5.38. The zero-order chi connectivity index (χ0) is 20.1. The topological polar surface area (TPSA) is 55.8 Å². The number of halogens is 2. The van der Waals surface area contributed by atoms with Crippen molar-refractivity contribution < 1.29 is 27.8 Å². The molecule has 0 saturated carbocycles. The van der Waals surface area contributed by atoms with E-state index >= 15 is 0 Å². The molecule has 148 valence electrons. The third-order valence-electron chi connectivity index (χ3n) is 4.14. The Morgan fingerprint density at radius 3 is 2.75 bits per heavy atom. The molecule has 2 aromatic carbocycles. The molecular formula is C20H19F2NO4S. The molecule has 0 aliphatic carbocycles. The summed E-state index contributed by atoms with van der Waals surface area (Å²) in [7, 11) is 0. The molecule has 0 spiro atoms. The maximum Gasteiger partial charge on any atom is 0.344 e. The van der Waals surface area contributed by atoms with E-state index in [4.69, 9.17) is 9.47 Å². The lowest BCUT2D eigenvalue weighted by Crippen LogP contribution is -2.28. The fourth-order valence-corrected chi connectivity index (χ4v) is 4.09. The number of carbonyl (C=O) groups excluding carboxylic acids is 2. The van der Waals surface area contributed by atoms with E-state index in [0.717, 1.165) is 17.7 Å². The van der Waals surface area contributed by atoms with Crippen molar-refractivity contribution in [3.8, 4) is 5.75 Å². The number of ether oxygens (including phenoxy) is 2. The molecule has 8 heteroatoms. The van der Waals surface area contributed by atoms with Crippen LogP contribution < -0.4 is 4.74 Å². The van der Waals surface area contributed by atoms with Crippen LogP contribution in [0, 0.1) is 11.6 Å². The van der Waals surface area contributed by atoms with Gasteiger partial charge in [-0.2, -0.15) is 0 Å². The molecule has 1 saturated heterocycles. The molecule has 1 heterocycles. The molecule has 1 fully saturated rings. The van der Waals surface area contributed by atoms with Gasteiger partial charge in [0.25, 0.3) is 0 Å². The lowest BCUT2D eigenvalue weighted by molar-refractivity contribution is -0.145. The van der Waals surface area contributed by atoms with Crippen molar-refractivity contribution in [1.29, 1.82) is 0 Å². The maximum atomic E-state index is 13.5. The van der Waals surface area contributed by atoms with E-state index in [-0.39, 0.29) is 36.8 Å². The molecule has 3 rings (SSSR count). The van der Waals surface area contributed by atoms with Crippen molar-refractivity contribution in [2.75, 3.05) is 19.0 Å². The minimum Gasteiger partial charge on any atom is -0.482 e. The van der Waals surface area contributed by atoms with Crippen molar-refractivity contribution in [1.82, 2.24) is 4.90 Å². The average molecular weight is 407 g/mol. The summed E-state index contributed by atoms with van der Waals surface area (Å²) in [4.78, 5) is 25.6. The van der Waals surface area contributed by atoms with Crippen molar-refractivity contribution in [2.24, 2.45) is 0 Å². The lowest BCUT2D eigenvalue weighted by atomic mass is 10.1. The van der Waals surface area contributed by atoms with Gasteiger partial charge in [-0.25, -0.2) is 13.6 Å².